The summed E-state index contributed by atoms with van der Waals surface area (Å²) in [5, 5.41) is 11.9. The minimum absolute atomic E-state index is 0.249. The van der Waals surface area contributed by atoms with Crippen molar-refractivity contribution in [2.24, 2.45) is 0 Å². The lowest BCUT2D eigenvalue weighted by Crippen LogP contribution is -2.02. The Bertz CT molecular complexity index is 591. The Hall–Kier alpha value is -1.73. The van der Waals surface area contributed by atoms with Crippen molar-refractivity contribution in [3.8, 4) is 16.6 Å². The first-order chi connectivity index (χ1) is 8.23. The van der Waals surface area contributed by atoms with Crippen LogP contribution < -0.4 is 0 Å². The molecule has 0 amide bonds. The van der Waals surface area contributed by atoms with Crippen molar-refractivity contribution < 1.29 is 4.39 Å². The number of hydrogen-bond donors (Lipinski definition) is 0. The van der Waals surface area contributed by atoms with Gasteiger partial charge in [-0.3, -0.25) is 0 Å². The fraction of sp³-hybridized carbons (Fsp3) is 0.231. The number of nitrogens with zero attached hydrogens (tertiary/aromatic N) is 2. The molecule has 1 aromatic heterocycles. The Labute approximate surface area is 102 Å². The Morgan fingerprint density at radius 3 is 2.59 bits per heavy atom. The van der Waals surface area contributed by atoms with E-state index in [0.29, 0.717) is 0 Å². The SMILES string of the molecule is N#CC1(c2csc(-c3ccc(F)cc3)n2)CC1. The Kier molecular flexibility index (Phi) is 2.23. The summed E-state index contributed by atoms with van der Waals surface area (Å²) in [5.74, 6) is -0.249. The zero-order valence-corrected chi connectivity index (χ0v) is 9.80. The van der Waals surface area contributed by atoms with Crippen molar-refractivity contribution in [3.63, 3.8) is 0 Å². The van der Waals surface area contributed by atoms with Crippen LogP contribution >= 0.6 is 11.3 Å². The maximum Gasteiger partial charge on any atom is 0.123 e. The molecule has 1 heterocycles. The Morgan fingerprint density at radius 1 is 1.29 bits per heavy atom. The molecule has 84 valence electrons. The highest BCUT2D eigenvalue weighted by molar-refractivity contribution is 7.13. The molecule has 0 bridgehead atoms. The summed E-state index contributed by atoms with van der Waals surface area (Å²) in [6.07, 6.45) is 1.80. The number of nitriles is 1. The molecular weight excluding hydrogens is 235 g/mol. The number of hydrogen-bond acceptors (Lipinski definition) is 3. The lowest BCUT2D eigenvalue weighted by molar-refractivity contribution is 0.628. The molecule has 1 saturated carbocycles. The van der Waals surface area contributed by atoms with Crippen LogP contribution in [0.5, 0.6) is 0 Å². The van der Waals surface area contributed by atoms with Gasteiger partial charge in [0.1, 0.15) is 16.2 Å². The molecule has 1 fully saturated rings. The number of thiazole rings is 1. The van der Waals surface area contributed by atoms with Crippen molar-refractivity contribution in [2.75, 3.05) is 0 Å². The quantitative estimate of drug-likeness (QED) is 0.810. The standard InChI is InChI=1S/C13H9FN2S/c14-10-3-1-9(2-4-10)12-16-11(7-17-12)13(8-15)5-6-13/h1-4,7H,5-6H2. The third-order valence-corrected chi connectivity index (χ3v) is 3.94. The molecule has 2 nitrogen and oxygen atoms in total. The van der Waals surface area contributed by atoms with Crippen LogP contribution in [0.15, 0.2) is 29.6 Å². The summed E-state index contributed by atoms with van der Waals surface area (Å²) in [7, 11) is 0. The van der Waals surface area contributed by atoms with Crippen LogP contribution in [0.25, 0.3) is 10.6 Å². The van der Waals surface area contributed by atoms with Gasteiger partial charge in [-0.2, -0.15) is 5.26 Å². The van der Waals surface area contributed by atoms with E-state index in [1.54, 1.807) is 12.1 Å². The van der Waals surface area contributed by atoms with E-state index in [-0.39, 0.29) is 11.2 Å². The highest BCUT2D eigenvalue weighted by atomic mass is 32.1. The number of benzene rings is 1. The van der Waals surface area contributed by atoms with Crippen LogP contribution in [0.4, 0.5) is 4.39 Å². The summed E-state index contributed by atoms with van der Waals surface area (Å²) < 4.78 is 12.8. The number of aromatic nitrogens is 1. The van der Waals surface area contributed by atoms with Gasteiger partial charge < -0.3 is 0 Å². The first-order valence-corrected chi connectivity index (χ1v) is 6.25. The third kappa shape index (κ3) is 1.73. The molecule has 3 rings (SSSR count). The number of rotatable bonds is 2. The lowest BCUT2D eigenvalue weighted by Gasteiger charge is -1.99. The molecular formula is C13H9FN2S. The average Bonchev–Trinajstić information content (AvgIpc) is 3.00. The Balaban J connectivity index is 1.96. The van der Waals surface area contributed by atoms with Gasteiger partial charge in [0.05, 0.1) is 11.8 Å². The van der Waals surface area contributed by atoms with E-state index in [9.17, 15) is 4.39 Å². The Morgan fingerprint density at radius 2 is 2.00 bits per heavy atom. The molecule has 4 heteroatoms. The first kappa shape index (κ1) is 10.4. The second kappa shape index (κ2) is 3.64. The third-order valence-electron chi connectivity index (χ3n) is 3.05. The summed E-state index contributed by atoms with van der Waals surface area (Å²) in [5.41, 5.74) is 1.43. The lowest BCUT2D eigenvalue weighted by atomic mass is 10.1. The molecule has 1 aliphatic carbocycles. The van der Waals surface area contributed by atoms with Crippen molar-refractivity contribution in [1.29, 1.82) is 5.26 Å². The fourth-order valence-corrected chi connectivity index (χ4v) is 2.69. The van der Waals surface area contributed by atoms with Crippen molar-refractivity contribution in [3.05, 3.63) is 41.2 Å². The molecule has 0 unspecified atom stereocenters. The van der Waals surface area contributed by atoms with Crippen LogP contribution in [0.2, 0.25) is 0 Å². The predicted molar refractivity (Wildman–Crippen MR) is 64.0 cm³/mol. The van der Waals surface area contributed by atoms with E-state index in [1.807, 2.05) is 5.38 Å². The fourth-order valence-electron chi connectivity index (χ4n) is 1.77. The summed E-state index contributed by atoms with van der Waals surface area (Å²) >= 11 is 1.51. The van der Waals surface area contributed by atoms with E-state index in [0.717, 1.165) is 29.1 Å². The van der Waals surface area contributed by atoms with E-state index in [1.165, 1.54) is 23.5 Å². The van der Waals surface area contributed by atoms with Crippen molar-refractivity contribution in [2.45, 2.75) is 18.3 Å². The van der Waals surface area contributed by atoms with Gasteiger partial charge in [-0.15, -0.1) is 11.3 Å². The van der Waals surface area contributed by atoms with E-state index >= 15 is 0 Å². The second-order valence-corrected chi connectivity index (χ2v) is 5.10. The summed E-state index contributed by atoms with van der Waals surface area (Å²) in [4.78, 5) is 4.49. The monoisotopic (exact) mass is 244 g/mol. The minimum atomic E-state index is -0.339. The van der Waals surface area contributed by atoms with E-state index in [4.69, 9.17) is 5.26 Å². The van der Waals surface area contributed by atoms with Gasteiger partial charge in [-0.1, -0.05) is 0 Å². The largest absolute Gasteiger partial charge is 0.239 e. The van der Waals surface area contributed by atoms with Gasteiger partial charge in [0, 0.05) is 10.9 Å². The van der Waals surface area contributed by atoms with Gasteiger partial charge in [-0.05, 0) is 37.1 Å². The smallest absolute Gasteiger partial charge is 0.123 e. The van der Waals surface area contributed by atoms with Crippen LogP contribution in [0.1, 0.15) is 18.5 Å². The molecule has 0 spiro atoms. The maximum atomic E-state index is 12.8. The maximum absolute atomic E-state index is 12.8. The molecule has 0 saturated heterocycles. The van der Waals surface area contributed by atoms with Gasteiger partial charge >= 0.3 is 0 Å². The first-order valence-electron chi connectivity index (χ1n) is 5.37. The van der Waals surface area contributed by atoms with Crippen LogP contribution in [-0.2, 0) is 5.41 Å². The van der Waals surface area contributed by atoms with Gasteiger partial charge in [0.15, 0.2) is 0 Å². The van der Waals surface area contributed by atoms with E-state index < -0.39 is 0 Å². The molecule has 17 heavy (non-hydrogen) atoms. The van der Waals surface area contributed by atoms with Crippen molar-refractivity contribution >= 4 is 11.3 Å². The molecule has 0 aliphatic heterocycles. The highest BCUT2D eigenvalue weighted by Crippen LogP contribution is 2.48. The van der Waals surface area contributed by atoms with Gasteiger partial charge in [0.25, 0.3) is 0 Å². The average molecular weight is 244 g/mol. The molecule has 1 aromatic carbocycles. The van der Waals surface area contributed by atoms with Crippen LogP contribution in [0.3, 0.4) is 0 Å². The summed E-state index contributed by atoms with van der Waals surface area (Å²) in [6.45, 7) is 0. The van der Waals surface area contributed by atoms with Gasteiger partial charge in [-0.25, -0.2) is 9.37 Å². The summed E-state index contributed by atoms with van der Waals surface area (Å²) in [6, 6.07) is 8.60. The zero-order valence-electron chi connectivity index (χ0n) is 8.98. The highest BCUT2D eigenvalue weighted by Gasteiger charge is 2.46. The minimum Gasteiger partial charge on any atom is -0.239 e. The molecule has 2 aromatic rings. The normalized spacial score (nSPS) is 16.5. The number of halogens is 1. The van der Waals surface area contributed by atoms with Crippen molar-refractivity contribution in [1.82, 2.24) is 4.98 Å². The zero-order chi connectivity index (χ0) is 11.9. The van der Waals surface area contributed by atoms with Crippen LogP contribution in [-0.4, -0.2) is 4.98 Å². The topological polar surface area (TPSA) is 36.7 Å². The molecule has 0 N–H and O–H groups in total. The van der Waals surface area contributed by atoms with Crippen LogP contribution in [0, 0.1) is 17.1 Å². The molecule has 0 radical (unpaired) electrons. The van der Waals surface area contributed by atoms with E-state index in [2.05, 4.69) is 11.1 Å². The second-order valence-electron chi connectivity index (χ2n) is 4.24. The predicted octanol–water partition coefficient (Wildman–Crippen LogP) is 3.50. The molecule has 1 aliphatic rings. The molecule has 0 atom stereocenters. The van der Waals surface area contributed by atoms with Gasteiger partial charge in [0.2, 0.25) is 0 Å².